The van der Waals surface area contributed by atoms with Crippen molar-refractivity contribution < 1.29 is 20.1 Å². The van der Waals surface area contributed by atoms with Gasteiger partial charge in [-0.1, -0.05) is 0 Å². The first-order valence-electron chi connectivity index (χ1n) is 5.80. The van der Waals surface area contributed by atoms with Crippen LogP contribution in [-0.2, 0) is 0 Å². The molecule has 4 fully saturated rings. The first-order valence-corrected chi connectivity index (χ1v) is 5.80. The molecule has 3 unspecified atom stereocenters. The second-order valence-corrected chi connectivity index (χ2v) is 5.52. The summed E-state index contributed by atoms with van der Waals surface area (Å²) in [6.45, 7) is 0. The summed E-state index contributed by atoms with van der Waals surface area (Å²) in [6.07, 6.45) is 4.09. The van der Waals surface area contributed by atoms with E-state index in [-0.39, 0.29) is 6.04 Å². The molecule has 92 valence electrons. The molecule has 0 spiro atoms. The van der Waals surface area contributed by atoms with Gasteiger partial charge in [-0.25, -0.2) is 4.79 Å². The fraction of sp³-hybridized carbons (Fsp3) is 0.909. The second-order valence-electron chi connectivity index (χ2n) is 5.52. The summed E-state index contributed by atoms with van der Waals surface area (Å²) >= 11 is 0. The molecule has 4 aliphatic rings. The number of hydrogen-bond acceptors (Lipinski definition) is 3. The van der Waals surface area contributed by atoms with E-state index in [1.165, 1.54) is 19.3 Å². The van der Waals surface area contributed by atoms with Gasteiger partial charge in [0.15, 0.2) is 0 Å². The van der Waals surface area contributed by atoms with Gasteiger partial charge in [0.25, 0.3) is 0 Å². The Hall–Kier alpha value is -0.810. The van der Waals surface area contributed by atoms with Gasteiger partial charge in [-0.2, -0.15) is 0 Å². The van der Waals surface area contributed by atoms with Crippen LogP contribution in [0.3, 0.4) is 0 Å². The maximum absolute atomic E-state index is 10.2. The molecule has 0 saturated heterocycles. The summed E-state index contributed by atoms with van der Waals surface area (Å²) in [7, 11) is 0. The lowest BCUT2D eigenvalue weighted by Gasteiger charge is -2.57. The highest BCUT2D eigenvalue weighted by molar-refractivity contribution is 5.53. The fourth-order valence-electron chi connectivity index (χ4n) is 4.04. The quantitative estimate of drug-likeness (QED) is 0.498. The largest absolute Gasteiger partial charge is 0.503 e. The number of nitrogens with two attached hydrogens (primary N) is 1. The number of carboxylic acid groups (broad SMARTS) is 2. The van der Waals surface area contributed by atoms with E-state index in [9.17, 15) is 5.11 Å². The molecule has 4 aliphatic carbocycles. The molecule has 0 aliphatic heterocycles. The van der Waals surface area contributed by atoms with Crippen molar-refractivity contribution in [1.82, 2.24) is 0 Å². The van der Waals surface area contributed by atoms with E-state index < -0.39 is 11.8 Å². The molecule has 4 bridgehead atoms. The Morgan fingerprint density at radius 3 is 1.94 bits per heavy atom. The molecular formula is C11H19NO4. The van der Waals surface area contributed by atoms with Crippen LogP contribution < -0.4 is 5.73 Å². The van der Waals surface area contributed by atoms with Gasteiger partial charge in [0.1, 0.15) is 0 Å². The zero-order valence-corrected chi connectivity index (χ0v) is 9.17. The van der Waals surface area contributed by atoms with Gasteiger partial charge in [-0.05, 0) is 49.9 Å². The summed E-state index contributed by atoms with van der Waals surface area (Å²) in [4.78, 5) is 8.56. The molecule has 0 heterocycles. The molecule has 0 amide bonds. The third-order valence-electron chi connectivity index (χ3n) is 4.35. The van der Waals surface area contributed by atoms with Crippen molar-refractivity contribution in [3.63, 3.8) is 0 Å². The molecule has 16 heavy (non-hydrogen) atoms. The molecule has 5 nitrogen and oxygen atoms in total. The van der Waals surface area contributed by atoms with Gasteiger partial charge in [-0.15, -0.1) is 0 Å². The smallest absolute Gasteiger partial charge is 0.450 e. The Kier molecular flexibility index (Phi) is 2.84. The Labute approximate surface area is 94.3 Å². The van der Waals surface area contributed by atoms with E-state index in [1.54, 1.807) is 0 Å². The molecule has 0 aromatic heterocycles. The van der Waals surface area contributed by atoms with Crippen LogP contribution in [0, 0.1) is 17.8 Å². The molecular weight excluding hydrogens is 210 g/mol. The number of hydrogen-bond donors (Lipinski definition) is 4. The Bertz CT molecular complexity index is 276. The molecule has 0 aromatic carbocycles. The van der Waals surface area contributed by atoms with Crippen LogP contribution in [0.4, 0.5) is 4.79 Å². The summed E-state index contributed by atoms with van der Waals surface area (Å²) in [6, 6.07) is 0.0882. The standard InChI is InChI=1S/C10H17NO.CH2O3/c11-9-8-2-6-1-7(3-8)5-10(9,12)4-6;2-1(3)4/h6-9,12H,1-5,11H2;(H2,2,3,4). The average Bonchev–Trinajstić information content (AvgIpc) is 2.11. The highest BCUT2D eigenvalue weighted by Gasteiger charge is 2.54. The maximum Gasteiger partial charge on any atom is 0.503 e. The van der Waals surface area contributed by atoms with Gasteiger partial charge in [-0.3, -0.25) is 0 Å². The normalized spacial score (nSPS) is 48.4. The van der Waals surface area contributed by atoms with Crippen LogP contribution in [0.1, 0.15) is 32.1 Å². The average molecular weight is 229 g/mol. The third kappa shape index (κ3) is 2.01. The number of aliphatic hydroxyl groups is 1. The summed E-state index contributed by atoms with van der Waals surface area (Å²) in [5, 5.41) is 24.2. The summed E-state index contributed by atoms with van der Waals surface area (Å²) in [5.74, 6) is 2.24. The molecule has 4 saturated carbocycles. The molecule has 0 radical (unpaired) electrons. The van der Waals surface area contributed by atoms with Crippen LogP contribution in [0.2, 0.25) is 0 Å². The Morgan fingerprint density at radius 2 is 1.56 bits per heavy atom. The van der Waals surface area contributed by atoms with Crippen LogP contribution in [-0.4, -0.2) is 33.1 Å². The first kappa shape index (κ1) is 11.7. The second kappa shape index (κ2) is 3.89. The predicted octanol–water partition coefficient (Wildman–Crippen LogP) is 1.11. The van der Waals surface area contributed by atoms with Crippen molar-refractivity contribution >= 4 is 6.16 Å². The molecule has 5 N–H and O–H groups in total. The lowest BCUT2D eigenvalue weighted by Crippen LogP contribution is -2.63. The number of carbonyl (C=O) groups is 1. The van der Waals surface area contributed by atoms with E-state index >= 15 is 0 Å². The van der Waals surface area contributed by atoms with Crippen molar-refractivity contribution in [3.05, 3.63) is 0 Å². The van der Waals surface area contributed by atoms with Gasteiger partial charge in [0, 0.05) is 6.04 Å². The molecule has 3 atom stereocenters. The summed E-state index contributed by atoms with van der Waals surface area (Å²) in [5.41, 5.74) is 5.59. The number of rotatable bonds is 0. The molecule has 0 aromatic rings. The minimum Gasteiger partial charge on any atom is -0.450 e. The zero-order chi connectivity index (χ0) is 11.9. The van der Waals surface area contributed by atoms with E-state index in [0.717, 1.165) is 24.7 Å². The van der Waals surface area contributed by atoms with Crippen LogP contribution in [0.5, 0.6) is 0 Å². The van der Waals surface area contributed by atoms with Crippen molar-refractivity contribution in [2.24, 2.45) is 23.5 Å². The lowest BCUT2D eigenvalue weighted by molar-refractivity contribution is -0.139. The van der Waals surface area contributed by atoms with Gasteiger partial charge >= 0.3 is 6.16 Å². The minimum atomic E-state index is -1.83. The molecule has 4 rings (SSSR count). The van der Waals surface area contributed by atoms with Crippen molar-refractivity contribution in [2.75, 3.05) is 0 Å². The van der Waals surface area contributed by atoms with E-state index in [1.807, 2.05) is 0 Å². The van der Waals surface area contributed by atoms with Crippen LogP contribution >= 0.6 is 0 Å². The third-order valence-corrected chi connectivity index (χ3v) is 4.35. The van der Waals surface area contributed by atoms with E-state index in [2.05, 4.69) is 0 Å². The highest BCUT2D eigenvalue weighted by Crippen LogP contribution is 2.54. The summed E-state index contributed by atoms with van der Waals surface area (Å²) < 4.78 is 0. The Morgan fingerprint density at radius 1 is 1.12 bits per heavy atom. The van der Waals surface area contributed by atoms with E-state index in [4.69, 9.17) is 20.7 Å². The molecule has 5 heteroatoms. The van der Waals surface area contributed by atoms with Crippen LogP contribution in [0.25, 0.3) is 0 Å². The van der Waals surface area contributed by atoms with Gasteiger partial charge < -0.3 is 21.1 Å². The topological polar surface area (TPSA) is 104 Å². The lowest BCUT2D eigenvalue weighted by atomic mass is 9.52. The monoisotopic (exact) mass is 229 g/mol. The van der Waals surface area contributed by atoms with Gasteiger partial charge in [0.2, 0.25) is 0 Å². The Balaban J connectivity index is 0.000000212. The predicted molar refractivity (Wildman–Crippen MR) is 57.1 cm³/mol. The van der Waals surface area contributed by atoms with Crippen molar-refractivity contribution in [1.29, 1.82) is 0 Å². The minimum absolute atomic E-state index is 0.0882. The fourth-order valence-corrected chi connectivity index (χ4v) is 4.04. The maximum atomic E-state index is 10.2. The van der Waals surface area contributed by atoms with Crippen molar-refractivity contribution in [2.45, 2.75) is 43.7 Å². The van der Waals surface area contributed by atoms with Gasteiger partial charge in [0.05, 0.1) is 5.60 Å². The zero-order valence-electron chi connectivity index (χ0n) is 9.17. The first-order chi connectivity index (χ1) is 7.40. The van der Waals surface area contributed by atoms with E-state index in [0.29, 0.717) is 5.92 Å². The van der Waals surface area contributed by atoms with Crippen molar-refractivity contribution in [3.8, 4) is 0 Å². The SMILES string of the molecule is NC1C2CC3CC(C2)CC1(O)C3.O=C(O)O. The highest BCUT2D eigenvalue weighted by atomic mass is 16.6. The van der Waals surface area contributed by atoms with Crippen LogP contribution in [0.15, 0.2) is 0 Å².